The fourth-order valence-electron chi connectivity index (χ4n) is 1.51. The van der Waals surface area contributed by atoms with Crippen LogP contribution in [0, 0.1) is 0 Å². The average Bonchev–Trinajstić information content (AvgIpc) is 3.08. The van der Waals surface area contributed by atoms with Gasteiger partial charge in [0.15, 0.2) is 0 Å². The van der Waals surface area contributed by atoms with Crippen LogP contribution in [0.2, 0.25) is 0 Å². The van der Waals surface area contributed by atoms with Gasteiger partial charge in [0, 0.05) is 11.5 Å². The average molecular weight is 430 g/mol. The molecule has 0 aromatic carbocycles. The smallest absolute Gasteiger partial charge is 0.227 e. The van der Waals surface area contributed by atoms with Crippen LogP contribution >= 0.6 is 94.1 Å². The molecule has 0 radical (unpaired) electrons. The zero-order valence-electron chi connectivity index (χ0n) is 10.9. The molecule has 3 heterocycles. The third kappa shape index (κ3) is 4.32. The number of rotatable bonds is 4. The summed E-state index contributed by atoms with van der Waals surface area (Å²) in [6, 6.07) is 0. The first-order chi connectivity index (χ1) is 10.2. The van der Waals surface area contributed by atoms with E-state index in [-0.39, 0.29) is 5.91 Å². The summed E-state index contributed by atoms with van der Waals surface area (Å²) in [5.74, 6) is 2.53. The maximum absolute atomic E-state index is 11.0. The molecule has 0 spiro atoms. The van der Waals surface area contributed by atoms with Crippen LogP contribution in [0.25, 0.3) is 0 Å². The van der Waals surface area contributed by atoms with Crippen molar-refractivity contribution in [3.63, 3.8) is 0 Å². The molecule has 0 bridgehead atoms. The third-order valence-corrected chi connectivity index (χ3v) is 14.0. The van der Waals surface area contributed by atoms with Gasteiger partial charge in [-0.15, -0.1) is 47.0 Å². The van der Waals surface area contributed by atoms with Crippen molar-refractivity contribution < 1.29 is 4.79 Å². The minimum atomic E-state index is -0.255. The van der Waals surface area contributed by atoms with Crippen molar-refractivity contribution in [1.82, 2.24) is 0 Å². The van der Waals surface area contributed by atoms with Gasteiger partial charge >= 0.3 is 0 Å². The quantitative estimate of drug-likeness (QED) is 0.633. The molecule has 0 atom stereocenters. The number of carbonyl (C=O) groups excluding carboxylic acids is 1. The molecular formula is C11H11NOS8. The van der Waals surface area contributed by atoms with Gasteiger partial charge in [-0.1, -0.05) is 47.0 Å². The molecule has 0 aliphatic carbocycles. The van der Waals surface area contributed by atoms with Crippen molar-refractivity contribution in [1.29, 1.82) is 0 Å². The highest BCUT2D eigenvalue weighted by Gasteiger charge is 2.31. The number of hydrogen-bond acceptors (Lipinski definition) is 9. The van der Waals surface area contributed by atoms with Crippen LogP contribution in [0.4, 0.5) is 0 Å². The van der Waals surface area contributed by atoms with Crippen molar-refractivity contribution >= 4 is 100 Å². The summed E-state index contributed by atoms with van der Waals surface area (Å²) >= 11 is 14.7. The summed E-state index contributed by atoms with van der Waals surface area (Å²) in [5, 5.41) is 0. The molecule has 3 aliphatic heterocycles. The molecule has 0 saturated heterocycles. The van der Waals surface area contributed by atoms with Crippen LogP contribution in [-0.2, 0) is 4.79 Å². The summed E-state index contributed by atoms with van der Waals surface area (Å²) in [6.45, 7) is 0. The SMILES string of the molecule is CSC1=C(SCC(N)=O)SC(=C2SC3=C(SCCS3)S2)S1. The molecule has 3 rings (SSSR count). The summed E-state index contributed by atoms with van der Waals surface area (Å²) in [6.07, 6.45) is 2.09. The highest BCUT2D eigenvalue weighted by atomic mass is 32.3. The lowest BCUT2D eigenvalue weighted by atomic mass is 10.8. The molecule has 0 aromatic heterocycles. The maximum atomic E-state index is 11.0. The van der Waals surface area contributed by atoms with E-state index < -0.39 is 0 Å². The molecule has 2 N–H and O–H groups in total. The molecule has 21 heavy (non-hydrogen) atoms. The van der Waals surface area contributed by atoms with E-state index in [9.17, 15) is 4.79 Å². The molecule has 0 saturated carbocycles. The van der Waals surface area contributed by atoms with E-state index in [1.165, 1.54) is 36.9 Å². The Morgan fingerprint density at radius 2 is 1.57 bits per heavy atom. The number of nitrogens with two attached hydrogens (primary N) is 1. The van der Waals surface area contributed by atoms with Gasteiger partial charge < -0.3 is 5.73 Å². The predicted molar refractivity (Wildman–Crippen MR) is 112 cm³/mol. The van der Waals surface area contributed by atoms with E-state index in [4.69, 9.17) is 5.73 Å². The normalized spacial score (nSPS) is 22.3. The first-order valence-electron chi connectivity index (χ1n) is 5.82. The van der Waals surface area contributed by atoms with Crippen LogP contribution in [0.5, 0.6) is 0 Å². The first-order valence-corrected chi connectivity index (χ1v) is 13.3. The van der Waals surface area contributed by atoms with Crippen LogP contribution in [-0.4, -0.2) is 29.4 Å². The van der Waals surface area contributed by atoms with Gasteiger partial charge in [-0.05, 0) is 6.26 Å². The predicted octanol–water partition coefficient (Wildman–Crippen LogP) is 5.39. The van der Waals surface area contributed by atoms with E-state index in [0.717, 1.165) is 0 Å². The van der Waals surface area contributed by atoms with Crippen molar-refractivity contribution in [3.05, 3.63) is 25.4 Å². The van der Waals surface area contributed by atoms with E-state index in [2.05, 4.69) is 6.26 Å². The van der Waals surface area contributed by atoms with E-state index in [1.807, 2.05) is 58.8 Å². The van der Waals surface area contributed by atoms with Gasteiger partial charge in [0.2, 0.25) is 5.91 Å². The molecule has 1 amide bonds. The summed E-state index contributed by atoms with van der Waals surface area (Å²) in [5.41, 5.74) is 5.26. The summed E-state index contributed by atoms with van der Waals surface area (Å²) in [4.78, 5) is 11.0. The van der Waals surface area contributed by atoms with E-state index in [1.54, 1.807) is 35.3 Å². The van der Waals surface area contributed by atoms with Gasteiger partial charge in [0.25, 0.3) is 0 Å². The second-order valence-electron chi connectivity index (χ2n) is 3.79. The fraction of sp³-hybridized carbons (Fsp3) is 0.364. The summed E-state index contributed by atoms with van der Waals surface area (Å²) < 4.78 is 8.23. The zero-order valence-corrected chi connectivity index (χ0v) is 17.4. The Labute approximate surface area is 158 Å². The molecule has 0 aromatic rings. The van der Waals surface area contributed by atoms with Crippen LogP contribution in [0.15, 0.2) is 25.4 Å². The number of primary amides is 1. The highest BCUT2D eigenvalue weighted by Crippen LogP contribution is 2.66. The molecule has 0 unspecified atom stereocenters. The topological polar surface area (TPSA) is 43.1 Å². The Morgan fingerprint density at radius 1 is 1.00 bits per heavy atom. The zero-order chi connectivity index (χ0) is 14.8. The second-order valence-corrected chi connectivity index (χ2v) is 13.4. The van der Waals surface area contributed by atoms with Gasteiger partial charge in [0.05, 0.1) is 31.2 Å². The number of thioether (sulfide) groups is 8. The van der Waals surface area contributed by atoms with Crippen LogP contribution in [0.3, 0.4) is 0 Å². The Kier molecular flexibility index (Phi) is 6.63. The number of amides is 1. The van der Waals surface area contributed by atoms with Crippen molar-refractivity contribution in [2.45, 2.75) is 0 Å². The van der Waals surface area contributed by atoms with Crippen LogP contribution in [0.1, 0.15) is 0 Å². The lowest BCUT2D eigenvalue weighted by Crippen LogP contribution is -2.12. The summed E-state index contributed by atoms with van der Waals surface area (Å²) in [7, 11) is 0. The Bertz CT molecular complexity index is 547. The van der Waals surface area contributed by atoms with Gasteiger partial charge in [0.1, 0.15) is 0 Å². The fourth-order valence-corrected chi connectivity index (χ4v) is 12.9. The minimum Gasteiger partial charge on any atom is -0.369 e. The van der Waals surface area contributed by atoms with Gasteiger partial charge in [-0.2, -0.15) is 0 Å². The van der Waals surface area contributed by atoms with Crippen molar-refractivity contribution in [3.8, 4) is 0 Å². The standard InChI is InChI=1S/C11H11NOS8/c1-14-6-7(17-4-5(12)13)19-10(18-6)11-20-8-9(21-11)16-3-2-15-8/h2-4H2,1H3,(H2,12,13). The molecule has 10 heteroatoms. The van der Waals surface area contributed by atoms with Crippen molar-refractivity contribution in [2.75, 3.05) is 23.5 Å². The van der Waals surface area contributed by atoms with Crippen LogP contribution < -0.4 is 5.73 Å². The lowest BCUT2D eigenvalue weighted by molar-refractivity contribution is -0.115. The third-order valence-electron chi connectivity index (χ3n) is 2.32. The highest BCUT2D eigenvalue weighted by molar-refractivity contribution is 8.45. The van der Waals surface area contributed by atoms with E-state index in [0.29, 0.717) is 5.75 Å². The number of hydrogen-bond donors (Lipinski definition) is 1. The molecule has 114 valence electrons. The Hall–Kier alpha value is 1.49. The molecule has 2 nitrogen and oxygen atoms in total. The van der Waals surface area contributed by atoms with Crippen molar-refractivity contribution in [2.24, 2.45) is 5.73 Å². The first kappa shape index (κ1) is 17.3. The second kappa shape index (κ2) is 8.04. The van der Waals surface area contributed by atoms with E-state index >= 15 is 0 Å². The van der Waals surface area contributed by atoms with Gasteiger partial charge in [-0.25, -0.2) is 0 Å². The Morgan fingerprint density at radius 3 is 2.14 bits per heavy atom. The lowest BCUT2D eigenvalue weighted by Gasteiger charge is -2.08. The molecule has 3 aliphatic rings. The minimum absolute atomic E-state index is 0.255. The largest absolute Gasteiger partial charge is 0.369 e. The monoisotopic (exact) mass is 429 g/mol. The van der Waals surface area contributed by atoms with Gasteiger partial charge in [-0.3, -0.25) is 4.79 Å². The molecule has 0 fully saturated rings. The molecular weight excluding hydrogens is 419 g/mol. The number of carbonyl (C=O) groups is 1. The maximum Gasteiger partial charge on any atom is 0.227 e. The Balaban J connectivity index is 1.70.